The highest BCUT2D eigenvalue weighted by atomic mass is 32.1. The zero-order chi connectivity index (χ0) is 19.5. The highest BCUT2D eigenvalue weighted by Crippen LogP contribution is 2.32. The summed E-state index contributed by atoms with van der Waals surface area (Å²) < 4.78 is 1.86. The number of aryl methyl sites for hydroxylation is 1. The lowest BCUT2D eigenvalue weighted by Gasteiger charge is -2.11. The van der Waals surface area contributed by atoms with Crippen LogP contribution < -0.4 is 10.6 Å². The molecule has 0 unspecified atom stereocenters. The maximum absolute atomic E-state index is 12.7. The molecule has 7 heteroatoms. The van der Waals surface area contributed by atoms with E-state index in [1.165, 1.54) is 11.3 Å². The second-order valence-electron chi connectivity index (χ2n) is 7.04. The number of anilines is 1. The number of carbonyl (C=O) groups is 2. The number of hydrogen-bond donors (Lipinski definition) is 2. The number of benzene rings is 1. The van der Waals surface area contributed by atoms with Gasteiger partial charge in [0.15, 0.2) is 0 Å². The van der Waals surface area contributed by atoms with Gasteiger partial charge in [-0.25, -0.2) is 0 Å². The van der Waals surface area contributed by atoms with E-state index >= 15 is 0 Å². The molecule has 144 valence electrons. The van der Waals surface area contributed by atoms with E-state index in [2.05, 4.69) is 15.7 Å². The first-order valence-corrected chi connectivity index (χ1v) is 10.2. The number of rotatable bonds is 7. The van der Waals surface area contributed by atoms with E-state index in [1.807, 2.05) is 54.2 Å². The number of amides is 2. The van der Waals surface area contributed by atoms with Crippen LogP contribution in [0.1, 0.15) is 39.2 Å². The highest BCUT2D eigenvalue weighted by Gasteiger charge is 2.30. The lowest BCUT2D eigenvalue weighted by Crippen LogP contribution is -2.23. The van der Waals surface area contributed by atoms with Gasteiger partial charge in [0.1, 0.15) is 0 Å². The van der Waals surface area contributed by atoms with Gasteiger partial charge in [-0.15, -0.1) is 11.3 Å². The first-order chi connectivity index (χ1) is 13.6. The average Bonchev–Trinajstić information content (AvgIpc) is 3.31. The Morgan fingerprint density at radius 2 is 2.00 bits per heavy atom. The van der Waals surface area contributed by atoms with Gasteiger partial charge >= 0.3 is 0 Å². The molecule has 1 aromatic carbocycles. The maximum Gasteiger partial charge on any atom is 0.261 e. The molecule has 0 atom stereocenters. The minimum atomic E-state index is -0.122. The smallest absolute Gasteiger partial charge is 0.261 e. The number of aromatic nitrogens is 2. The van der Waals surface area contributed by atoms with Crippen molar-refractivity contribution in [3.8, 4) is 0 Å². The first kappa shape index (κ1) is 18.4. The van der Waals surface area contributed by atoms with Gasteiger partial charge in [0.25, 0.3) is 5.91 Å². The Bertz CT molecular complexity index is 990. The van der Waals surface area contributed by atoms with Crippen molar-refractivity contribution in [2.24, 2.45) is 5.92 Å². The lowest BCUT2D eigenvalue weighted by atomic mass is 10.1. The largest absolute Gasteiger partial charge is 0.347 e. The van der Waals surface area contributed by atoms with E-state index in [1.54, 1.807) is 6.20 Å². The molecule has 1 fully saturated rings. The quantitative estimate of drug-likeness (QED) is 0.643. The SMILES string of the molecule is Cc1cc(NC(=O)C2CC2)sc1C(=O)NCc1ccccc1Cn1cccn1. The van der Waals surface area contributed by atoms with Gasteiger partial charge in [0.05, 0.1) is 16.4 Å². The first-order valence-electron chi connectivity index (χ1n) is 9.34. The Kier molecular flexibility index (Phi) is 5.25. The molecular weight excluding hydrogens is 372 g/mol. The van der Waals surface area contributed by atoms with Crippen molar-refractivity contribution in [1.29, 1.82) is 0 Å². The van der Waals surface area contributed by atoms with E-state index in [0.717, 1.165) is 34.5 Å². The molecule has 0 saturated heterocycles. The number of nitrogens with one attached hydrogen (secondary N) is 2. The van der Waals surface area contributed by atoms with Gasteiger partial charge in [0, 0.05) is 24.9 Å². The van der Waals surface area contributed by atoms with Gasteiger partial charge in [-0.1, -0.05) is 24.3 Å². The molecule has 1 aliphatic carbocycles. The molecule has 1 aliphatic rings. The molecule has 4 rings (SSSR count). The van der Waals surface area contributed by atoms with Crippen LogP contribution in [0.25, 0.3) is 0 Å². The Labute approximate surface area is 167 Å². The van der Waals surface area contributed by atoms with Crippen molar-refractivity contribution in [2.75, 3.05) is 5.32 Å². The second kappa shape index (κ2) is 7.98. The van der Waals surface area contributed by atoms with E-state index in [0.29, 0.717) is 18.0 Å². The predicted octanol–water partition coefficient (Wildman–Crippen LogP) is 3.58. The molecule has 0 spiro atoms. The molecule has 0 aliphatic heterocycles. The summed E-state index contributed by atoms with van der Waals surface area (Å²) >= 11 is 1.33. The normalized spacial score (nSPS) is 13.3. The van der Waals surface area contributed by atoms with Crippen molar-refractivity contribution in [3.63, 3.8) is 0 Å². The minimum absolute atomic E-state index is 0.0563. The summed E-state index contributed by atoms with van der Waals surface area (Å²) in [6.07, 6.45) is 5.59. The number of hydrogen-bond acceptors (Lipinski definition) is 4. The molecule has 6 nitrogen and oxygen atoms in total. The molecular formula is C21H22N4O2S. The topological polar surface area (TPSA) is 76.0 Å². The van der Waals surface area contributed by atoms with Crippen LogP contribution in [-0.2, 0) is 17.9 Å². The molecule has 0 radical (unpaired) electrons. The third-order valence-electron chi connectivity index (χ3n) is 4.77. The van der Waals surface area contributed by atoms with Crippen molar-refractivity contribution in [3.05, 3.63) is 70.4 Å². The number of nitrogens with zero attached hydrogens (tertiary/aromatic N) is 2. The van der Waals surface area contributed by atoms with Crippen LogP contribution in [0.2, 0.25) is 0 Å². The zero-order valence-corrected chi connectivity index (χ0v) is 16.5. The summed E-state index contributed by atoms with van der Waals surface area (Å²) in [5.41, 5.74) is 3.05. The fourth-order valence-electron chi connectivity index (χ4n) is 3.05. The third kappa shape index (κ3) is 4.31. The molecule has 2 N–H and O–H groups in total. The number of thiophene rings is 1. The Morgan fingerprint density at radius 3 is 2.71 bits per heavy atom. The molecule has 1 saturated carbocycles. The second-order valence-corrected chi connectivity index (χ2v) is 8.09. The summed E-state index contributed by atoms with van der Waals surface area (Å²) in [6, 6.07) is 11.8. The molecule has 2 aromatic heterocycles. The van der Waals surface area contributed by atoms with Gasteiger partial charge in [-0.05, 0) is 48.6 Å². The molecule has 2 heterocycles. The van der Waals surface area contributed by atoms with Crippen molar-refractivity contribution in [1.82, 2.24) is 15.1 Å². The van der Waals surface area contributed by atoms with Crippen molar-refractivity contribution < 1.29 is 9.59 Å². The Hall–Kier alpha value is -2.93. The fourth-order valence-corrected chi connectivity index (χ4v) is 4.04. The van der Waals surface area contributed by atoms with E-state index in [4.69, 9.17) is 0 Å². The zero-order valence-electron chi connectivity index (χ0n) is 15.6. The standard InChI is InChI=1S/C21H22N4O2S/c1-14-11-18(24-20(26)15-7-8-15)28-19(14)21(27)22-12-16-5-2-3-6-17(16)13-25-10-4-9-23-25/h2-6,9-11,15H,7-8,12-13H2,1H3,(H,22,27)(H,24,26). The van der Waals surface area contributed by atoms with Crippen molar-refractivity contribution >= 4 is 28.2 Å². The van der Waals surface area contributed by atoms with Gasteiger partial charge in [0.2, 0.25) is 5.91 Å². The van der Waals surface area contributed by atoms with E-state index in [9.17, 15) is 9.59 Å². The molecule has 0 bridgehead atoms. The van der Waals surface area contributed by atoms with Crippen LogP contribution in [0.3, 0.4) is 0 Å². The van der Waals surface area contributed by atoms with Gasteiger partial charge in [-0.3, -0.25) is 14.3 Å². The third-order valence-corrected chi connectivity index (χ3v) is 5.92. The van der Waals surface area contributed by atoms with Crippen LogP contribution >= 0.6 is 11.3 Å². The van der Waals surface area contributed by atoms with E-state index in [-0.39, 0.29) is 17.7 Å². The van der Waals surface area contributed by atoms with Crippen LogP contribution in [0.4, 0.5) is 5.00 Å². The fraction of sp³-hybridized carbons (Fsp3) is 0.286. The minimum Gasteiger partial charge on any atom is -0.347 e. The summed E-state index contributed by atoms with van der Waals surface area (Å²) in [5.74, 6) is 0.0787. The molecule has 3 aromatic rings. The summed E-state index contributed by atoms with van der Waals surface area (Å²) in [6.45, 7) is 3.00. The molecule has 28 heavy (non-hydrogen) atoms. The van der Waals surface area contributed by atoms with Gasteiger partial charge < -0.3 is 10.6 Å². The van der Waals surface area contributed by atoms with Crippen LogP contribution in [-0.4, -0.2) is 21.6 Å². The Balaban J connectivity index is 1.41. The molecule has 2 amide bonds. The lowest BCUT2D eigenvalue weighted by molar-refractivity contribution is -0.117. The highest BCUT2D eigenvalue weighted by molar-refractivity contribution is 7.18. The predicted molar refractivity (Wildman–Crippen MR) is 109 cm³/mol. The Morgan fingerprint density at radius 1 is 1.21 bits per heavy atom. The number of carbonyl (C=O) groups excluding carboxylic acids is 2. The summed E-state index contributed by atoms with van der Waals surface area (Å²) in [7, 11) is 0. The van der Waals surface area contributed by atoms with Crippen LogP contribution in [0.5, 0.6) is 0 Å². The summed E-state index contributed by atoms with van der Waals surface area (Å²) in [4.78, 5) is 25.2. The van der Waals surface area contributed by atoms with Crippen molar-refractivity contribution in [2.45, 2.75) is 32.9 Å². The van der Waals surface area contributed by atoms with Crippen LogP contribution in [0, 0.1) is 12.8 Å². The van der Waals surface area contributed by atoms with Crippen LogP contribution in [0.15, 0.2) is 48.8 Å². The maximum atomic E-state index is 12.7. The van der Waals surface area contributed by atoms with E-state index < -0.39 is 0 Å². The summed E-state index contributed by atoms with van der Waals surface area (Å²) in [5, 5.41) is 10.9. The average molecular weight is 395 g/mol. The van der Waals surface area contributed by atoms with Gasteiger partial charge in [-0.2, -0.15) is 5.10 Å². The monoisotopic (exact) mass is 394 g/mol.